The maximum absolute atomic E-state index is 10.7. The zero-order valence-electron chi connectivity index (χ0n) is 10.5. The van der Waals surface area contributed by atoms with E-state index in [1.807, 2.05) is 13.8 Å². The van der Waals surface area contributed by atoms with Crippen LogP contribution in [0.5, 0.6) is 0 Å². The van der Waals surface area contributed by atoms with Crippen LogP contribution in [0.25, 0.3) is 0 Å². The Morgan fingerprint density at radius 1 is 1.59 bits per heavy atom. The molecule has 1 heterocycles. The molecular formula is C11H17N3O3. The molecule has 0 saturated heterocycles. The fourth-order valence-electron chi connectivity index (χ4n) is 1.32. The smallest absolute Gasteiger partial charge is 0.290 e. The third-order valence-corrected chi connectivity index (χ3v) is 2.90. The van der Waals surface area contributed by atoms with E-state index in [-0.39, 0.29) is 12.3 Å². The van der Waals surface area contributed by atoms with E-state index in [1.165, 1.54) is 6.20 Å². The van der Waals surface area contributed by atoms with Crippen molar-refractivity contribution in [3.8, 4) is 0 Å². The van der Waals surface area contributed by atoms with Crippen LogP contribution in [0.2, 0.25) is 0 Å². The van der Waals surface area contributed by atoms with E-state index < -0.39 is 10.5 Å². The van der Waals surface area contributed by atoms with Gasteiger partial charge in [-0.15, -0.1) is 0 Å². The molecule has 0 spiro atoms. The third-order valence-electron chi connectivity index (χ3n) is 2.90. The highest BCUT2D eigenvalue weighted by molar-refractivity contribution is 5.49. The van der Waals surface area contributed by atoms with E-state index in [0.29, 0.717) is 11.4 Å². The van der Waals surface area contributed by atoms with Gasteiger partial charge < -0.3 is 10.0 Å². The number of aromatic nitrogens is 1. The largest absolute Gasteiger partial charge is 0.394 e. The van der Waals surface area contributed by atoms with Gasteiger partial charge in [0.1, 0.15) is 12.0 Å². The number of nitro groups is 1. The molecular weight excluding hydrogens is 222 g/mol. The zero-order valence-corrected chi connectivity index (χ0v) is 10.5. The first-order valence-electron chi connectivity index (χ1n) is 5.25. The second kappa shape index (κ2) is 4.67. The van der Waals surface area contributed by atoms with E-state index in [4.69, 9.17) is 0 Å². The number of hydrogen-bond donors (Lipinski definition) is 1. The first-order chi connectivity index (χ1) is 7.79. The van der Waals surface area contributed by atoms with Gasteiger partial charge in [-0.3, -0.25) is 10.1 Å². The van der Waals surface area contributed by atoms with Crippen LogP contribution in [-0.4, -0.2) is 34.2 Å². The molecule has 0 aliphatic carbocycles. The molecule has 0 unspecified atom stereocenters. The lowest BCUT2D eigenvalue weighted by Crippen LogP contribution is -2.44. The Bertz CT molecular complexity index is 432. The van der Waals surface area contributed by atoms with Gasteiger partial charge in [0.05, 0.1) is 17.1 Å². The molecule has 0 fully saturated rings. The highest BCUT2D eigenvalue weighted by Crippen LogP contribution is 2.24. The molecule has 6 nitrogen and oxygen atoms in total. The lowest BCUT2D eigenvalue weighted by Gasteiger charge is -2.34. The molecule has 0 radical (unpaired) electrons. The molecule has 6 heteroatoms. The number of aryl methyl sites for hydroxylation is 1. The summed E-state index contributed by atoms with van der Waals surface area (Å²) in [5.74, 6) is 0.604. The van der Waals surface area contributed by atoms with Crippen LogP contribution in [0.1, 0.15) is 19.4 Å². The number of nitrogens with zero attached hydrogens (tertiary/aromatic N) is 3. The molecule has 0 saturated carbocycles. The van der Waals surface area contributed by atoms with E-state index >= 15 is 0 Å². The average Bonchev–Trinajstić information content (AvgIpc) is 2.27. The van der Waals surface area contributed by atoms with Crippen molar-refractivity contribution in [3.63, 3.8) is 0 Å². The number of aliphatic hydroxyl groups is 1. The van der Waals surface area contributed by atoms with Gasteiger partial charge in [-0.05, 0) is 26.8 Å². The molecule has 0 aromatic carbocycles. The van der Waals surface area contributed by atoms with Crippen molar-refractivity contribution in [1.82, 2.24) is 4.98 Å². The Balaban J connectivity index is 3.10. The highest BCUT2D eigenvalue weighted by atomic mass is 16.6. The summed E-state index contributed by atoms with van der Waals surface area (Å²) < 4.78 is 0. The Morgan fingerprint density at radius 3 is 2.59 bits per heavy atom. The van der Waals surface area contributed by atoms with Crippen molar-refractivity contribution >= 4 is 11.5 Å². The lowest BCUT2D eigenvalue weighted by molar-refractivity contribution is -0.385. The summed E-state index contributed by atoms with van der Waals surface area (Å²) in [6.07, 6.45) is 1.24. The Morgan fingerprint density at radius 2 is 2.18 bits per heavy atom. The maximum Gasteiger partial charge on any atom is 0.290 e. The third kappa shape index (κ3) is 2.71. The molecule has 0 bridgehead atoms. The second-order valence-electron chi connectivity index (χ2n) is 4.62. The summed E-state index contributed by atoms with van der Waals surface area (Å²) in [6, 6.07) is 1.65. The first-order valence-corrected chi connectivity index (χ1v) is 5.25. The minimum Gasteiger partial charge on any atom is -0.394 e. The molecule has 1 N–H and O–H groups in total. The van der Waals surface area contributed by atoms with Gasteiger partial charge in [0.2, 0.25) is 0 Å². The van der Waals surface area contributed by atoms with Crippen LogP contribution in [-0.2, 0) is 0 Å². The Hall–Kier alpha value is -1.69. The monoisotopic (exact) mass is 239 g/mol. The standard InChI is InChI=1S/C11H17N3O3/c1-8-5-10(12-6-9(8)14(16)17)13(4)11(2,3)7-15/h5-6,15H,7H2,1-4H3. The molecule has 1 aromatic rings. The van der Waals surface area contributed by atoms with Gasteiger partial charge in [0.25, 0.3) is 5.69 Å². The lowest BCUT2D eigenvalue weighted by atomic mass is 10.1. The summed E-state index contributed by atoms with van der Waals surface area (Å²) >= 11 is 0. The van der Waals surface area contributed by atoms with Gasteiger partial charge in [0.15, 0.2) is 0 Å². The molecule has 94 valence electrons. The van der Waals surface area contributed by atoms with Gasteiger partial charge in [-0.2, -0.15) is 0 Å². The van der Waals surface area contributed by atoms with E-state index in [1.54, 1.807) is 24.9 Å². The molecule has 0 aliphatic heterocycles. The van der Waals surface area contributed by atoms with Crippen molar-refractivity contribution in [2.24, 2.45) is 0 Å². The van der Waals surface area contributed by atoms with Crippen molar-refractivity contribution < 1.29 is 10.0 Å². The number of likely N-dealkylation sites (N-methyl/N-ethyl adjacent to an activating group) is 1. The van der Waals surface area contributed by atoms with E-state index in [9.17, 15) is 15.2 Å². The van der Waals surface area contributed by atoms with Crippen LogP contribution in [0, 0.1) is 17.0 Å². The SMILES string of the molecule is Cc1cc(N(C)C(C)(C)CO)ncc1[N+](=O)[O-]. The first kappa shape index (κ1) is 13.4. The van der Waals surface area contributed by atoms with Crippen LogP contribution in [0.3, 0.4) is 0 Å². The van der Waals surface area contributed by atoms with Crippen LogP contribution < -0.4 is 4.90 Å². The number of rotatable bonds is 4. The highest BCUT2D eigenvalue weighted by Gasteiger charge is 2.24. The maximum atomic E-state index is 10.7. The van der Waals surface area contributed by atoms with Crippen molar-refractivity contribution in [3.05, 3.63) is 27.9 Å². The molecule has 17 heavy (non-hydrogen) atoms. The molecule has 1 rings (SSSR count). The fourth-order valence-corrected chi connectivity index (χ4v) is 1.32. The minimum atomic E-state index is -0.463. The normalized spacial score (nSPS) is 11.4. The minimum absolute atomic E-state index is 0.00366. The van der Waals surface area contributed by atoms with Crippen LogP contribution in [0.15, 0.2) is 12.3 Å². The quantitative estimate of drug-likeness (QED) is 0.636. The molecule has 0 atom stereocenters. The van der Waals surface area contributed by atoms with Gasteiger partial charge in [0, 0.05) is 12.6 Å². The predicted octanol–water partition coefficient (Wildman–Crippen LogP) is 1.51. The molecule has 0 amide bonds. The number of hydrogen-bond acceptors (Lipinski definition) is 5. The summed E-state index contributed by atoms with van der Waals surface area (Å²) in [5.41, 5.74) is 0.0970. The summed E-state index contributed by atoms with van der Waals surface area (Å²) in [6.45, 7) is 5.38. The van der Waals surface area contributed by atoms with Crippen molar-refractivity contribution in [2.45, 2.75) is 26.3 Å². The van der Waals surface area contributed by atoms with E-state index in [0.717, 1.165) is 0 Å². The van der Waals surface area contributed by atoms with Crippen LogP contribution in [0.4, 0.5) is 11.5 Å². The van der Waals surface area contributed by atoms with Gasteiger partial charge in [-0.1, -0.05) is 0 Å². The summed E-state index contributed by atoms with van der Waals surface area (Å²) in [4.78, 5) is 16.1. The van der Waals surface area contributed by atoms with Crippen molar-refractivity contribution in [1.29, 1.82) is 0 Å². The molecule has 0 aliphatic rings. The summed E-state index contributed by atoms with van der Waals surface area (Å²) in [5, 5.41) is 19.9. The Kier molecular flexibility index (Phi) is 3.67. The molecule has 1 aromatic heterocycles. The number of aliphatic hydroxyl groups excluding tert-OH is 1. The summed E-state index contributed by atoms with van der Waals surface area (Å²) in [7, 11) is 1.80. The zero-order chi connectivity index (χ0) is 13.2. The number of pyridine rings is 1. The number of anilines is 1. The Labute approximate surface area is 100 Å². The van der Waals surface area contributed by atoms with Crippen molar-refractivity contribution in [2.75, 3.05) is 18.6 Å². The predicted molar refractivity (Wildman–Crippen MR) is 65.2 cm³/mol. The second-order valence-corrected chi connectivity index (χ2v) is 4.62. The van der Waals surface area contributed by atoms with Crippen LogP contribution >= 0.6 is 0 Å². The van der Waals surface area contributed by atoms with E-state index in [2.05, 4.69) is 4.98 Å². The topological polar surface area (TPSA) is 79.5 Å². The average molecular weight is 239 g/mol. The van der Waals surface area contributed by atoms with Gasteiger partial charge in [-0.25, -0.2) is 4.98 Å². The van der Waals surface area contributed by atoms with Gasteiger partial charge >= 0.3 is 0 Å². The fraction of sp³-hybridized carbons (Fsp3) is 0.545.